The SMILES string of the molecule is Cc1ccc(SCc2ccc(C(=O)N[C@H](C)c3ccc4c(c3)CCC4)cc2)cc1. The molecule has 29 heavy (non-hydrogen) atoms. The van der Waals surface area contributed by atoms with Gasteiger partial charge in [-0.3, -0.25) is 4.79 Å². The first-order chi connectivity index (χ1) is 14.1. The van der Waals surface area contributed by atoms with Gasteiger partial charge in [0.05, 0.1) is 6.04 Å². The third-order valence-electron chi connectivity index (χ3n) is 5.61. The number of hydrogen-bond donors (Lipinski definition) is 1. The Bertz CT molecular complexity index is 992. The van der Waals surface area contributed by atoms with Crippen LogP contribution in [0.15, 0.2) is 71.6 Å². The first kappa shape index (κ1) is 19.8. The molecule has 0 saturated heterocycles. The molecule has 2 nitrogen and oxygen atoms in total. The van der Waals surface area contributed by atoms with Gasteiger partial charge in [0.15, 0.2) is 0 Å². The van der Waals surface area contributed by atoms with Gasteiger partial charge in [-0.15, -0.1) is 11.8 Å². The van der Waals surface area contributed by atoms with Crippen LogP contribution in [0.3, 0.4) is 0 Å². The second-order valence-corrected chi connectivity index (χ2v) is 8.92. The lowest BCUT2D eigenvalue weighted by Crippen LogP contribution is -2.26. The second kappa shape index (κ2) is 8.87. The predicted molar refractivity (Wildman–Crippen MR) is 122 cm³/mol. The quantitative estimate of drug-likeness (QED) is 0.493. The highest BCUT2D eigenvalue weighted by Gasteiger charge is 2.15. The van der Waals surface area contributed by atoms with E-state index >= 15 is 0 Å². The van der Waals surface area contributed by atoms with E-state index in [0.29, 0.717) is 5.56 Å². The van der Waals surface area contributed by atoms with E-state index in [1.54, 1.807) is 0 Å². The third kappa shape index (κ3) is 4.91. The van der Waals surface area contributed by atoms with Gasteiger partial charge in [0.1, 0.15) is 0 Å². The Hall–Kier alpha value is -2.52. The molecule has 0 aromatic heterocycles. The van der Waals surface area contributed by atoms with Crippen molar-refractivity contribution in [2.45, 2.75) is 49.8 Å². The van der Waals surface area contributed by atoms with E-state index in [1.807, 2.05) is 23.9 Å². The van der Waals surface area contributed by atoms with Crippen LogP contribution >= 0.6 is 11.8 Å². The molecule has 1 amide bonds. The smallest absolute Gasteiger partial charge is 0.251 e. The molecule has 0 unspecified atom stereocenters. The molecular formula is C26H27NOS. The molecule has 1 aliphatic rings. The van der Waals surface area contributed by atoms with Crippen LogP contribution in [-0.2, 0) is 18.6 Å². The number of thioether (sulfide) groups is 1. The van der Waals surface area contributed by atoms with Crippen LogP contribution in [0.1, 0.15) is 57.6 Å². The molecular weight excluding hydrogens is 374 g/mol. The molecule has 0 heterocycles. The van der Waals surface area contributed by atoms with Gasteiger partial charge in [0, 0.05) is 16.2 Å². The molecule has 0 saturated carbocycles. The summed E-state index contributed by atoms with van der Waals surface area (Å²) in [5.41, 5.74) is 7.30. The van der Waals surface area contributed by atoms with Crippen molar-refractivity contribution in [2.24, 2.45) is 0 Å². The number of nitrogens with one attached hydrogen (secondary N) is 1. The summed E-state index contributed by atoms with van der Waals surface area (Å²) in [6, 6.07) is 23.2. The summed E-state index contributed by atoms with van der Waals surface area (Å²) in [6.45, 7) is 4.16. The van der Waals surface area contributed by atoms with E-state index in [1.165, 1.54) is 45.6 Å². The average molecular weight is 402 g/mol. The zero-order valence-electron chi connectivity index (χ0n) is 17.1. The number of benzene rings is 3. The number of carbonyl (C=O) groups is 1. The van der Waals surface area contributed by atoms with E-state index in [2.05, 4.69) is 73.8 Å². The van der Waals surface area contributed by atoms with Crippen molar-refractivity contribution in [3.63, 3.8) is 0 Å². The highest BCUT2D eigenvalue weighted by Crippen LogP contribution is 2.26. The van der Waals surface area contributed by atoms with Crippen LogP contribution < -0.4 is 5.32 Å². The zero-order valence-corrected chi connectivity index (χ0v) is 17.9. The summed E-state index contributed by atoms with van der Waals surface area (Å²) in [4.78, 5) is 13.9. The summed E-state index contributed by atoms with van der Waals surface area (Å²) in [7, 11) is 0. The average Bonchev–Trinajstić information content (AvgIpc) is 3.21. The fourth-order valence-corrected chi connectivity index (χ4v) is 4.63. The Balaban J connectivity index is 1.34. The summed E-state index contributed by atoms with van der Waals surface area (Å²) >= 11 is 1.81. The van der Waals surface area contributed by atoms with Crippen LogP contribution in [0.4, 0.5) is 0 Å². The van der Waals surface area contributed by atoms with Crippen molar-refractivity contribution < 1.29 is 4.79 Å². The van der Waals surface area contributed by atoms with Gasteiger partial charge in [-0.2, -0.15) is 0 Å². The van der Waals surface area contributed by atoms with E-state index in [-0.39, 0.29) is 11.9 Å². The Morgan fingerprint density at radius 1 is 0.966 bits per heavy atom. The maximum Gasteiger partial charge on any atom is 0.251 e. The second-order valence-electron chi connectivity index (χ2n) is 7.88. The van der Waals surface area contributed by atoms with Gasteiger partial charge in [-0.05, 0) is 79.6 Å². The van der Waals surface area contributed by atoms with Gasteiger partial charge in [-0.25, -0.2) is 0 Å². The van der Waals surface area contributed by atoms with Gasteiger partial charge in [-0.1, -0.05) is 48.0 Å². The topological polar surface area (TPSA) is 29.1 Å². The fourth-order valence-electron chi connectivity index (χ4n) is 3.78. The van der Waals surface area contributed by atoms with E-state index in [0.717, 1.165) is 12.2 Å². The Morgan fingerprint density at radius 3 is 2.45 bits per heavy atom. The van der Waals surface area contributed by atoms with Crippen LogP contribution in [0.25, 0.3) is 0 Å². The number of rotatable bonds is 6. The minimum atomic E-state index is -0.0178. The predicted octanol–water partition coefficient (Wildman–Crippen LogP) is 6.27. The summed E-state index contributed by atoms with van der Waals surface area (Å²) < 4.78 is 0. The van der Waals surface area contributed by atoms with Crippen LogP contribution in [0.2, 0.25) is 0 Å². The van der Waals surface area contributed by atoms with Crippen molar-refractivity contribution in [2.75, 3.05) is 0 Å². The lowest BCUT2D eigenvalue weighted by atomic mass is 10.0. The van der Waals surface area contributed by atoms with Crippen molar-refractivity contribution in [3.8, 4) is 0 Å². The van der Waals surface area contributed by atoms with Gasteiger partial charge < -0.3 is 5.32 Å². The number of carbonyl (C=O) groups excluding carboxylic acids is 1. The first-order valence-corrected chi connectivity index (χ1v) is 11.3. The molecule has 4 rings (SSSR count). The van der Waals surface area contributed by atoms with Crippen molar-refractivity contribution in [1.29, 1.82) is 0 Å². The van der Waals surface area contributed by atoms with Gasteiger partial charge in [0.25, 0.3) is 5.91 Å². The summed E-state index contributed by atoms with van der Waals surface area (Å²) in [5, 5.41) is 3.14. The Labute approximate surface area is 177 Å². The molecule has 0 fully saturated rings. The monoisotopic (exact) mass is 401 g/mol. The van der Waals surface area contributed by atoms with E-state index < -0.39 is 0 Å². The molecule has 0 radical (unpaired) electrons. The fraction of sp³-hybridized carbons (Fsp3) is 0.269. The van der Waals surface area contributed by atoms with Crippen LogP contribution in [0.5, 0.6) is 0 Å². The minimum Gasteiger partial charge on any atom is -0.346 e. The molecule has 3 aromatic rings. The summed E-state index contributed by atoms with van der Waals surface area (Å²) in [5.74, 6) is 0.881. The Kier molecular flexibility index (Phi) is 6.05. The molecule has 3 heteroatoms. The number of aryl methyl sites for hydroxylation is 3. The van der Waals surface area contributed by atoms with E-state index in [4.69, 9.17) is 0 Å². The molecule has 0 spiro atoms. The van der Waals surface area contributed by atoms with Crippen LogP contribution in [0, 0.1) is 6.92 Å². The number of fused-ring (bicyclic) bond motifs is 1. The first-order valence-electron chi connectivity index (χ1n) is 10.3. The van der Waals surface area contributed by atoms with Crippen molar-refractivity contribution in [3.05, 3.63) is 100 Å². The van der Waals surface area contributed by atoms with Crippen LogP contribution in [-0.4, -0.2) is 5.91 Å². The highest BCUT2D eigenvalue weighted by atomic mass is 32.2. The third-order valence-corrected chi connectivity index (χ3v) is 6.70. The van der Waals surface area contributed by atoms with Gasteiger partial charge >= 0.3 is 0 Å². The van der Waals surface area contributed by atoms with E-state index in [9.17, 15) is 4.79 Å². The molecule has 1 N–H and O–H groups in total. The maximum absolute atomic E-state index is 12.7. The normalized spacial score (nSPS) is 13.7. The van der Waals surface area contributed by atoms with Crippen molar-refractivity contribution in [1.82, 2.24) is 5.32 Å². The van der Waals surface area contributed by atoms with Gasteiger partial charge in [0.2, 0.25) is 0 Å². The standard InChI is InChI=1S/C26H27NOS/c1-18-6-14-25(15-7-18)29-17-20-8-10-22(11-9-20)26(28)27-19(2)23-13-12-21-4-3-5-24(21)16-23/h6-16,19H,3-5,17H2,1-2H3,(H,27,28)/t19-/m1/s1. The lowest BCUT2D eigenvalue weighted by Gasteiger charge is -2.16. The molecule has 0 bridgehead atoms. The maximum atomic E-state index is 12.7. The molecule has 1 atom stereocenters. The minimum absolute atomic E-state index is 0.00479. The molecule has 1 aliphatic carbocycles. The summed E-state index contributed by atoms with van der Waals surface area (Å²) in [6.07, 6.45) is 3.59. The lowest BCUT2D eigenvalue weighted by molar-refractivity contribution is 0.0940. The van der Waals surface area contributed by atoms with Crippen molar-refractivity contribution >= 4 is 17.7 Å². The molecule has 0 aliphatic heterocycles. The largest absolute Gasteiger partial charge is 0.346 e. The highest BCUT2D eigenvalue weighted by molar-refractivity contribution is 7.98. The Morgan fingerprint density at radius 2 is 1.69 bits per heavy atom. The molecule has 3 aromatic carbocycles. The molecule has 148 valence electrons. The zero-order chi connectivity index (χ0) is 20.2. The number of amides is 1. The number of hydrogen-bond acceptors (Lipinski definition) is 2.